The van der Waals surface area contributed by atoms with Gasteiger partial charge in [0, 0.05) is 5.92 Å². The molecule has 0 bridgehead atoms. The van der Waals surface area contributed by atoms with Crippen molar-refractivity contribution in [2.75, 3.05) is 6.61 Å². The van der Waals surface area contributed by atoms with Crippen LogP contribution in [0.1, 0.15) is 37.5 Å². The Hall–Kier alpha value is -2.54. The first-order valence-corrected chi connectivity index (χ1v) is 16.9. The maximum Gasteiger partial charge on any atom is 0.193 e. The van der Waals surface area contributed by atoms with Crippen molar-refractivity contribution in [3.8, 4) is 0 Å². The highest BCUT2D eigenvalue weighted by Crippen LogP contribution is 2.40. The molecule has 1 aliphatic carbocycles. The van der Waals surface area contributed by atoms with E-state index in [9.17, 15) is 0 Å². The Morgan fingerprint density at radius 3 is 1.56 bits per heavy atom. The van der Waals surface area contributed by atoms with Gasteiger partial charge in [0.05, 0.1) is 38.6 Å². The van der Waals surface area contributed by atoms with Crippen LogP contribution in [-0.2, 0) is 38.5 Å². The van der Waals surface area contributed by atoms with Gasteiger partial charge in [-0.05, 0) is 34.8 Å². The van der Waals surface area contributed by atoms with Gasteiger partial charge < -0.3 is 18.6 Å². The Labute approximate surface area is 236 Å². The van der Waals surface area contributed by atoms with Crippen molar-refractivity contribution < 1.29 is 18.6 Å². The molecular weight excluding hydrogens is 500 g/mol. The smallest absolute Gasteiger partial charge is 0.193 e. The maximum absolute atomic E-state index is 6.95. The van der Waals surface area contributed by atoms with Gasteiger partial charge in [-0.1, -0.05) is 124 Å². The third kappa shape index (κ3) is 8.47. The molecule has 39 heavy (non-hydrogen) atoms. The molecule has 1 aliphatic rings. The van der Waals surface area contributed by atoms with Crippen molar-refractivity contribution in [2.45, 2.75) is 77.0 Å². The van der Waals surface area contributed by atoms with E-state index in [0.29, 0.717) is 26.4 Å². The average Bonchev–Trinajstić information content (AvgIpc) is 2.93. The van der Waals surface area contributed by atoms with Gasteiger partial charge >= 0.3 is 0 Å². The van der Waals surface area contributed by atoms with Crippen LogP contribution >= 0.6 is 0 Å². The third-order valence-corrected chi connectivity index (χ3v) is 12.3. The minimum absolute atomic E-state index is 0.0393. The maximum atomic E-state index is 6.95. The van der Waals surface area contributed by atoms with Crippen LogP contribution in [0.4, 0.5) is 0 Å². The van der Waals surface area contributed by atoms with Crippen LogP contribution in [0, 0.1) is 5.92 Å². The van der Waals surface area contributed by atoms with Crippen LogP contribution in [0.15, 0.2) is 103 Å². The first kappa shape index (κ1) is 29.4. The molecule has 4 nitrogen and oxygen atoms in total. The number of rotatable bonds is 12. The first-order chi connectivity index (χ1) is 18.7. The highest BCUT2D eigenvalue weighted by molar-refractivity contribution is 6.74. The summed E-state index contributed by atoms with van der Waals surface area (Å²) < 4.78 is 26.6. The van der Waals surface area contributed by atoms with Gasteiger partial charge in [0.25, 0.3) is 0 Å². The Morgan fingerprint density at radius 2 is 1.08 bits per heavy atom. The van der Waals surface area contributed by atoms with E-state index in [1.807, 2.05) is 54.6 Å². The normalized spacial score (nSPS) is 21.7. The fraction of sp³-hybridized carbons (Fsp3) is 0.412. The van der Waals surface area contributed by atoms with Gasteiger partial charge in [-0.25, -0.2) is 0 Å². The quantitative estimate of drug-likeness (QED) is 0.171. The zero-order chi connectivity index (χ0) is 27.7. The largest absolute Gasteiger partial charge is 0.408 e. The second kappa shape index (κ2) is 13.7. The van der Waals surface area contributed by atoms with Crippen LogP contribution in [0.3, 0.4) is 0 Å². The standard InChI is InChI=1S/C34H44O4Si/c1-34(2,3)39(4,5)38-31-22-21-30(26-35-23-27-15-9-6-10-16-27)32(36-24-28-17-11-7-12-18-28)33(31)37-25-29-19-13-8-14-20-29/h6-22,30-33H,23-26H2,1-5H3/t30-,31-,32-,33-/m1/s1. The van der Waals surface area contributed by atoms with E-state index in [0.717, 1.165) is 16.7 Å². The lowest BCUT2D eigenvalue weighted by molar-refractivity contribution is -0.145. The molecule has 0 N–H and O–H groups in total. The molecule has 208 valence electrons. The van der Waals surface area contributed by atoms with Crippen molar-refractivity contribution in [3.05, 3.63) is 120 Å². The Morgan fingerprint density at radius 1 is 0.615 bits per heavy atom. The molecule has 4 rings (SSSR count). The molecule has 0 amide bonds. The molecule has 0 saturated heterocycles. The van der Waals surface area contributed by atoms with Crippen LogP contribution in [0.2, 0.25) is 18.1 Å². The molecular formula is C34H44O4Si. The molecule has 0 radical (unpaired) electrons. The zero-order valence-corrected chi connectivity index (χ0v) is 25.1. The SMILES string of the molecule is CC(C)(C)[Si](C)(C)O[C@@H]1C=C[C@H](COCc2ccccc2)[C@@H](OCc2ccccc2)[C@@H]1OCc1ccccc1. The lowest BCUT2D eigenvalue weighted by atomic mass is 9.88. The highest BCUT2D eigenvalue weighted by atomic mass is 28.4. The number of benzene rings is 3. The van der Waals surface area contributed by atoms with E-state index < -0.39 is 8.32 Å². The van der Waals surface area contributed by atoms with E-state index in [2.05, 4.69) is 82.4 Å². The molecule has 0 unspecified atom stereocenters. The third-order valence-electron chi connectivity index (χ3n) is 7.85. The Kier molecular flexibility index (Phi) is 10.3. The van der Waals surface area contributed by atoms with Crippen LogP contribution in [-0.4, -0.2) is 33.2 Å². The second-order valence-corrected chi connectivity index (χ2v) is 16.7. The van der Waals surface area contributed by atoms with E-state index >= 15 is 0 Å². The lowest BCUT2D eigenvalue weighted by Crippen LogP contribution is -2.54. The topological polar surface area (TPSA) is 36.9 Å². The van der Waals surface area contributed by atoms with Crippen molar-refractivity contribution in [1.82, 2.24) is 0 Å². The molecule has 0 saturated carbocycles. The minimum Gasteiger partial charge on any atom is -0.408 e. The Bertz CT molecular complexity index is 1140. The van der Waals surface area contributed by atoms with Gasteiger partial charge in [-0.3, -0.25) is 0 Å². The summed E-state index contributed by atoms with van der Waals surface area (Å²) in [6, 6.07) is 30.9. The van der Waals surface area contributed by atoms with E-state index in [-0.39, 0.29) is 29.3 Å². The van der Waals surface area contributed by atoms with E-state index in [4.69, 9.17) is 18.6 Å². The van der Waals surface area contributed by atoms with E-state index in [1.54, 1.807) is 0 Å². The summed E-state index contributed by atoms with van der Waals surface area (Å²) in [5.41, 5.74) is 3.44. The summed E-state index contributed by atoms with van der Waals surface area (Å²) in [7, 11) is -2.07. The predicted octanol–water partition coefficient (Wildman–Crippen LogP) is 7.95. The molecule has 0 fully saturated rings. The number of hydrogen-bond donors (Lipinski definition) is 0. The van der Waals surface area contributed by atoms with Crippen molar-refractivity contribution in [3.63, 3.8) is 0 Å². The Balaban J connectivity index is 1.58. The summed E-state index contributed by atoms with van der Waals surface area (Å²) >= 11 is 0. The van der Waals surface area contributed by atoms with Crippen molar-refractivity contribution >= 4 is 8.32 Å². The highest BCUT2D eigenvalue weighted by Gasteiger charge is 2.45. The monoisotopic (exact) mass is 544 g/mol. The molecule has 5 heteroatoms. The first-order valence-electron chi connectivity index (χ1n) is 14.0. The molecule has 3 aromatic carbocycles. The fourth-order valence-electron chi connectivity index (χ4n) is 4.50. The molecule has 3 aromatic rings. The fourth-order valence-corrected chi connectivity index (χ4v) is 5.75. The number of hydrogen-bond acceptors (Lipinski definition) is 4. The molecule has 0 spiro atoms. The summed E-state index contributed by atoms with van der Waals surface area (Å²) in [5, 5.41) is 0.0842. The van der Waals surface area contributed by atoms with E-state index in [1.165, 1.54) is 0 Å². The summed E-state index contributed by atoms with van der Waals surface area (Å²) in [6.07, 6.45) is 3.74. The summed E-state index contributed by atoms with van der Waals surface area (Å²) in [5.74, 6) is 0.0393. The van der Waals surface area contributed by atoms with Gasteiger partial charge in [-0.15, -0.1) is 0 Å². The van der Waals surface area contributed by atoms with Crippen LogP contribution in [0.25, 0.3) is 0 Å². The molecule has 0 aromatic heterocycles. The average molecular weight is 545 g/mol. The molecule has 0 aliphatic heterocycles. The lowest BCUT2D eigenvalue weighted by Gasteiger charge is -2.45. The second-order valence-electron chi connectivity index (χ2n) is 11.9. The minimum atomic E-state index is -2.07. The number of ether oxygens (including phenoxy) is 3. The van der Waals surface area contributed by atoms with Gasteiger partial charge in [0.1, 0.15) is 6.10 Å². The van der Waals surface area contributed by atoms with Gasteiger partial charge in [0.15, 0.2) is 8.32 Å². The van der Waals surface area contributed by atoms with Crippen LogP contribution < -0.4 is 0 Å². The molecule has 0 heterocycles. The van der Waals surface area contributed by atoms with Gasteiger partial charge in [0.2, 0.25) is 0 Å². The summed E-state index contributed by atoms with van der Waals surface area (Å²) in [6.45, 7) is 13.5. The van der Waals surface area contributed by atoms with Crippen LogP contribution in [0.5, 0.6) is 0 Å². The zero-order valence-electron chi connectivity index (χ0n) is 24.1. The van der Waals surface area contributed by atoms with Gasteiger partial charge in [-0.2, -0.15) is 0 Å². The predicted molar refractivity (Wildman–Crippen MR) is 161 cm³/mol. The molecule has 4 atom stereocenters. The summed E-state index contributed by atoms with van der Waals surface area (Å²) in [4.78, 5) is 0. The van der Waals surface area contributed by atoms with Crippen molar-refractivity contribution in [1.29, 1.82) is 0 Å². The van der Waals surface area contributed by atoms with Crippen molar-refractivity contribution in [2.24, 2.45) is 5.92 Å².